The summed E-state index contributed by atoms with van der Waals surface area (Å²) in [5, 5.41) is 20.7. The molecule has 0 saturated carbocycles. The van der Waals surface area contributed by atoms with Gasteiger partial charge in [0.15, 0.2) is 0 Å². The molecule has 1 aromatic heterocycles. The fourth-order valence-electron chi connectivity index (χ4n) is 3.50. The third-order valence-electron chi connectivity index (χ3n) is 5.87. The number of halogens is 1. The smallest absolute Gasteiger partial charge is 0.313 e. The van der Waals surface area contributed by atoms with Crippen LogP contribution in [-0.2, 0) is 21.0 Å². The normalized spacial score (nSPS) is 13.9. The molecule has 1 saturated heterocycles. The van der Waals surface area contributed by atoms with Gasteiger partial charge in [-0.05, 0) is 11.8 Å². The highest BCUT2D eigenvalue weighted by Crippen LogP contribution is 2.26. The summed E-state index contributed by atoms with van der Waals surface area (Å²) < 4.78 is 20.0. The summed E-state index contributed by atoms with van der Waals surface area (Å²) in [5.41, 5.74) is 6.99. The van der Waals surface area contributed by atoms with Crippen molar-refractivity contribution in [2.45, 2.75) is 46.1 Å². The molecule has 4 N–H and O–H groups in total. The van der Waals surface area contributed by atoms with Gasteiger partial charge in [-0.25, -0.2) is 14.4 Å². The van der Waals surface area contributed by atoms with E-state index >= 15 is 4.39 Å². The molecular formula is C25H33FN6O4. The third-order valence-corrected chi connectivity index (χ3v) is 5.87. The van der Waals surface area contributed by atoms with Crippen molar-refractivity contribution in [1.29, 1.82) is 5.41 Å². The van der Waals surface area contributed by atoms with Crippen molar-refractivity contribution in [3.8, 4) is 11.1 Å². The van der Waals surface area contributed by atoms with Gasteiger partial charge in [0.1, 0.15) is 31.3 Å². The van der Waals surface area contributed by atoms with E-state index in [9.17, 15) is 9.90 Å². The molecule has 2 aromatic rings. The maximum Gasteiger partial charge on any atom is 0.313 e. The molecule has 0 spiro atoms. The Kier molecular flexibility index (Phi) is 9.29. The van der Waals surface area contributed by atoms with Crippen LogP contribution in [0.1, 0.15) is 45.1 Å². The van der Waals surface area contributed by atoms with Gasteiger partial charge >= 0.3 is 5.97 Å². The standard InChI is InChI=1S/C25H33FN6O4/c1-25(2,16-33)8-11-36-31-19-6-9-32(10-7-19)24-29-13-18(14-30-24)20-5-3-4-17(23(20)26)15-35-22(34)12-21(27)28/h3-5,13-14,33H,6-12,15-16H2,1-2H3,(H3,27,28). The zero-order valence-corrected chi connectivity index (χ0v) is 20.7. The molecule has 0 atom stereocenters. The summed E-state index contributed by atoms with van der Waals surface area (Å²) in [7, 11) is 0. The number of nitrogens with two attached hydrogens (primary N) is 1. The van der Waals surface area contributed by atoms with Crippen molar-refractivity contribution in [3.05, 3.63) is 42.0 Å². The first kappa shape index (κ1) is 27.0. The molecule has 0 radical (unpaired) electrons. The first-order chi connectivity index (χ1) is 17.2. The van der Waals surface area contributed by atoms with Crippen LogP contribution in [0.4, 0.5) is 10.3 Å². The van der Waals surface area contributed by atoms with E-state index in [0.717, 1.165) is 25.0 Å². The molecule has 3 rings (SSSR count). The first-order valence-electron chi connectivity index (χ1n) is 11.8. The Morgan fingerprint density at radius 3 is 2.61 bits per heavy atom. The van der Waals surface area contributed by atoms with E-state index in [1.807, 2.05) is 18.7 Å². The number of aromatic nitrogens is 2. The average molecular weight is 501 g/mol. The minimum Gasteiger partial charge on any atom is -0.460 e. The summed E-state index contributed by atoms with van der Waals surface area (Å²) in [6, 6.07) is 4.80. The van der Waals surface area contributed by atoms with Crippen LogP contribution in [0.2, 0.25) is 0 Å². The molecule has 0 bridgehead atoms. The second-order valence-electron chi connectivity index (χ2n) is 9.46. The van der Waals surface area contributed by atoms with Crippen LogP contribution in [0.3, 0.4) is 0 Å². The number of carbonyl (C=O) groups is 1. The van der Waals surface area contributed by atoms with Crippen LogP contribution in [0.25, 0.3) is 11.1 Å². The summed E-state index contributed by atoms with van der Waals surface area (Å²) >= 11 is 0. The molecule has 10 nitrogen and oxygen atoms in total. The molecule has 11 heteroatoms. The van der Waals surface area contributed by atoms with E-state index in [4.69, 9.17) is 20.7 Å². The number of piperidine rings is 1. The van der Waals surface area contributed by atoms with Crippen molar-refractivity contribution in [2.24, 2.45) is 16.3 Å². The van der Waals surface area contributed by atoms with Crippen LogP contribution >= 0.6 is 0 Å². The van der Waals surface area contributed by atoms with Crippen LogP contribution in [0, 0.1) is 16.6 Å². The van der Waals surface area contributed by atoms with Crippen LogP contribution < -0.4 is 10.6 Å². The molecule has 0 amide bonds. The van der Waals surface area contributed by atoms with Crippen LogP contribution in [0.15, 0.2) is 35.7 Å². The highest BCUT2D eigenvalue weighted by atomic mass is 19.1. The summed E-state index contributed by atoms with van der Waals surface area (Å²) in [4.78, 5) is 27.9. The number of hydrogen-bond donors (Lipinski definition) is 3. The zero-order valence-electron chi connectivity index (χ0n) is 20.7. The lowest BCUT2D eigenvalue weighted by Crippen LogP contribution is -2.35. The highest BCUT2D eigenvalue weighted by molar-refractivity contribution is 5.94. The van der Waals surface area contributed by atoms with Gasteiger partial charge in [-0.1, -0.05) is 37.2 Å². The molecule has 2 heterocycles. The highest BCUT2D eigenvalue weighted by Gasteiger charge is 2.20. The van der Waals surface area contributed by atoms with Gasteiger partial charge in [-0.3, -0.25) is 10.2 Å². The fourth-order valence-corrected chi connectivity index (χ4v) is 3.50. The fraction of sp³-hybridized carbons (Fsp3) is 0.480. The Balaban J connectivity index is 1.55. The number of ether oxygens (including phenoxy) is 1. The maximum absolute atomic E-state index is 15.0. The number of benzene rings is 1. The molecule has 1 aliphatic heterocycles. The summed E-state index contributed by atoms with van der Waals surface area (Å²) in [6.07, 6.45) is 4.99. The largest absolute Gasteiger partial charge is 0.460 e. The van der Waals surface area contributed by atoms with Crippen molar-refractivity contribution < 1.29 is 23.9 Å². The average Bonchev–Trinajstić information content (AvgIpc) is 2.86. The third kappa shape index (κ3) is 7.70. The monoisotopic (exact) mass is 500 g/mol. The quantitative estimate of drug-likeness (QED) is 0.140. The second-order valence-corrected chi connectivity index (χ2v) is 9.46. The lowest BCUT2D eigenvalue weighted by molar-refractivity contribution is -0.143. The van der Waals surface area contributed by atoms with E-state index in [0.29, 0.717) is 36.8 Å². The number of anilines is 1. The van der Waals surface area contributed by atoms with Gasteiger partial charge in [0.05, 0.1) is 5.71 Å². The minimum absolute atomic E-state index is 0.108. The van der Waals surface area contributed by atoms with E-state index in [1.165, 1.54) is 6.07 Å². The second kappa shape index (κ2) is 12.4. The Labute approximate surface area is 209 Å². The van der Waals surface area contributed by atoms with E-state index < -0.39 is 11.8 Å². The number of nitrogens with one attached hydrogen (secondary N) is 1. The predicted molar refractivity (Wildman–Crippen MR) is 134 cm³/mol. The molecule has 194 valence electrons. The van der Waals surface area contributed by atoms with E-state index in [-0.39, 0.29) is 36.4 Å². The number of carbonyl (C=O) groups excluding carboxylic acids is 1. The number of aliphatic hydroxyl groups excluding tert-OH is 1. The number of amidine groups is 1. The summed E-state index contributed by atoms with van der Waals surface area (Å²) in [5.74, 6) is -0.967. The molecule has 1 aromatic carbocycles. The molecule has 36 heavy (non-hydrogen) atoms. The number of rotatable bonds is 11. The lowest BCUT2D eigenvalue weighted by atomic mass is 9.91. The van der Waals surface area contributed by atoms with Gasteiger partial charge in [0.25, 0.3) is 0 Å². The van der Waals surface area contributed by atoms with Gasteiger partial charge in [-0.2, -0.15) is 0 Å². The van der Waals surface area contributed by atoms with Crippen molar-refractivity contribution in [3.63, 3.8) is 0 Å². The van der Waals surface area contributed by atoms with Crippen LogP contribution in [0.5, 0.6) is 0 Å². The molecule has 0 unspecified atom stereocenters. The molecular weight excluding hydrogens is 467 g/mol. The topological polar surface area (TPSA) is 147 Å². The Morgan fingerprint density at radius 2 is 1.97 bits per heavy atom. The van der Waals surface area contributed by atoms with Gasteiger partial charge in [0.2, 0.25) is 5.95 Å². The maximum atomic E-state index is 15.0. The van der Waals surface area contributed by atoms with Crippen LogP contribution in [-0.4, -0.2) is 58.9 Å². The molecule has 1 aliphatic rings. The Bertz CT molecular complexity index is 1080. The van der Waals surface area contributed by atoms with Gasteiger partial charge in [-0.15, -0.1) is 0 Å². The predicted octanol–water partition coefficient (Wildman–Crippen LogP) is 3.03. The van der Waals surface area contributed by atoms with E-state index in [2.05, 4.69) is 15.1 Å². The number of hydrogen-bond acceptors (Lipinski definition) is 9. The number of nitrogens with zero attached hydrogens (tertiary/aromatic N) is 4. The minimum atomic E-state index is -0.688. The molecule has 0 aliphatic carbocycles. The lowest BCUT2D eigenvalue weighted by Gasteiger charge is -2.27. The molecule has 1 fully saturated rings. The first-order valence-corrected chi connectivity index (χ1v) is 11.8. The van der Waals surface area contributed by atoms with Crippen molar-refractivity contribution >= 4 is 23.5 Å². The van der Waals surface area contributed by atoms with Gasteiger partial charge in [0, 0.05) is 61.6 Å². The zero-order chi connectivity index (χ0) is 26.1. The SMILES string of the molecule is CC(C)(CO)CCON=C1CCN(c2ncc(-c3cccc(COC(=O)CC(=N)N)c3F)cn2)CC1. The number of aliphatic hydroxyl groups is 1. The van der Waals surface area contributed by atoms with Crippen molar-refractivity contribution in [2.75, 3.05) is 31.2 Å². The van der Waals surface area contributed by atoms with Gasteiger partial charge < -0.3 is 25.3 Å². The van der Waals surface area contributed by atoms with Crippen molar-refractivity contribution in [1.82, 2.24) is 9.97 Å². The van der Waals surface area contributed by atoms with E-state index in [1.54, 1.807) is 24.5 Å². The summed E-state index contributed by atoms with van der Waals surface area (Å²) in [6.45, 7) is 5.66. The Morgan fingerprint density at radius 1 is 1.28 bits per heavy atom. The number of oxime groups is 1. The number of esters is 1. The Hall–Kier alpha value is -3.60.